The van der Waals surface area contributed by atoms with E-state index >= 15 is 0 Å². The molecule has 0 aromatic rings. The normalized spacial score (nSPS) is 14.3. The lowest BCUT2D eigenvalue weighted by Crippen LogP contribution is -2.27. The van der Waals surface area contributed by atoms with Gasteiger partial charge < -0.3 is 20.1 Å². The smallest absolute Gasteiger partial charge is 0.458 e. The molecule has 0 rings (SSSR count). The number of esters is 1. The second-order valence-corrected chi connectivity index (χ2v) is 12.2. The van der Waals surface area contributed by atoms with E-state index in [4.69, 9.17) is 19.7 Å². The van der Waals surface area contributed by atoms with Gasteiger partial charge in [-0.3, -0.25) is 13.8 Å². The lowest BCUT2D eigenvalue weighted by Gasteiger charge is -2.19. The fourth-order valence-corrected chi connectivity index (χ4v) is 5.06. The first-order valence-corrected chi connectivity index (χ1v) is 17.9. The molecule has 0 aliphatic rings. The van der Waals surface area contributed by atoms with Gasteiger partial charge >= 0.3 is 13.8 Å². The molecule has 0 aliphatic heterocycles. The number of carbonyl (C=O) groups is 1. The van der Waals surface area contributed by atoms with Crippen LogP contribution in [0.25, 0.3) is 0 Å². The summed E-state index contributed by atoms with van der Waals surface area (Å²) in [6.45, 7) is 3.87. The van der Waals surface area contributed by atoms with Crippen molar-refractivity contribution in [2.45, 2.75) is 136 Å². The van der Waals surface area contributed by atoms with Crippen LogP contribution in [0.5, 0.6) is 0 Å². The zero-order valence-corrected chi connectivity index (χ0v) is 27.6. The molecule has 2 unspecified atom stereocenters. The molecule has 0 bridgehead atoms. The van der Waals surface area contributed by atoms with E-state index < -0.39 is 19.9 Å². The van der Waals surface area contributed by atoms with E-state index in [1.54, 1.807) is 0 Å². The van der Waals surface area contributed by atoms with Crippen molar-refractivity contribution in [2.75, 3.05) is 33.0 Å². The third-order valence-electron chi connectivity index (χ3n) is 6.61. The topological polar surface area (TPSA) is 117 Å². The van der Waals surface area contributed by atoms with E-state index in [9.17, 15) is 14.3 Å². The molecule has 9 heteroatoms. The van der Waals surface area contributed by atoms with Gasteiger partial charge in [0.05, 0.1) is 19.8 Å². The van der Waals surface area contributed by atoms with Crippen molar-refractivity contribution in [3.8, 4) is 0 Å². The molecular formula is C33H62NO7P. The Kier molecular flexibility index (Phi) is 30.2. The van der Waals surface area contributed by atoms with Crippen LogP contribution >= 0.6 is 7.82 Å². The van der Waals surface area contributed by atoms with Gasteiger partial charge in [0.1, 0.15) is 6.10 Å². The first-order chi connectivity index (χ1) is 20.4. The second kappa shape index (κ2) is 31.2. The van der Waals surface area contributed by atoms with Crippen LogP contribution in [0.15, 0.2) is 36.5 Å². The average Bonchev–Trinajstić information content (AvgIpc) is 2.96. The van der Waals surface area contributed by atoms with Crippen LogP contribution in [0.4, 0.5) is 0 Å². The van der Waals surface area contributed by atoms with Gasteiger partial charge in [-0.05, 0) is 44.9 Å². The predicted octanol–water partition coefficient (Wildman–Crippen LogP) is 8.74. The monoisotopic (exact) mass is 615 g/mol. The molecular weight excluding hydrogens is 553 g/mol. The quantitative estimate of drug-likeness (QED) is 0.0344. The largest absolute Gasteiger partial charge is 0.472 e. The maximum atomic E-state index is 11.7. The van der Waals surface area contributed by atoms with Crippen LogP contribution in [0.2, 0.25) is 0 Å². The molecule has 0 spiro atoms. The third-order valence-corrected chi connectivity index (χ3v) is 7.59. The predicted molar refractivity (Wildman–Crippen MR) is 173 cm³/mol. The summed E-state index contributed by atoms with van der Waals surface area (Å²) in [6.07, 6.45) is 35.1. The van der Waals surface area contributed by atoms with Gasteiger partial charge in [-0.2, -0.15) is 0 Å². The van der Waals surface area contributed by atoms with Gasteiger partial charge in [0.25, 0.3) is 0 Å². The number of hydrogen-bond donors (Lipinski definition) is 2. The van der Waals surface area contributed by atoms with Crippen LogP contribution < -0.4 is 5.73 Å². The summed E-state index contributed by atoms with van der Waals surface area (Å²) in [5, 5.41) is 0. The number of unbranched alkanes of at least 4 members (excludes halogenated alkanes) is 14. The zero-order valence-electron chi connectivity index (χ0n) is 26.7. The van der Waals surface area contributed by atoms with E-state index in [2.05, 4.69) is 47.9 Å². The standard InChI is InChI=1S/C33H62NO7P/c1-3-4-5-6-7-8-9-10-11-12-13-14-15-16-17-18-19-20-21-22-23-24-25-26-28-38-30-33(41-32(2)35)31-40-42(36,37)39-29-27-34/h9-10,12-13,15-16,33H,3-8,11,14,17-31,34H2,1-2H3,(H,36,37)/b10-9-,13-12-,16-15-. The fourth-order valence-electron chi connectivity index (χ4n) is 4.30. The van der Waals surface area contributed by atoms with Crippen molar-refractivity contribution in [2.24, 2.45) is 5.73 Å². The molecule has 0 aromatic heterocycles. The van der Waals surface area contributed by atoms with Crippen LogP contribution in [-0.2, 0) is 27.9 Å². The lowest BCUT2D eigenvalue weighted by atomic mass is 10.1. The second-order valence-electron chi connectivity index (χ2n) is 10.8. The molecule has 0 fully saturated rings. The Morgan fingerprint density at radius 2 is 1.21 bits per heavy atom. The Hall–Kier alpha value is -1.28. The average molecular weight is 616 g/mol. The molecule has 2 atom stereocenters. The summed E-state index contributed by atoms with van der Waals surface area (Å²) in [6, 6.07) is 0. The molecule has 0 saturated heterocycles. The number of ether oxygens (including phenoxy) is 2. The van der Waals surface area contributed by atoms with Crippen LogP contribution in [0.3, 0.4) is 0 Å². The third kappa shape index (κ3) is 31.7. The van der Waals surface area contributed by atoms with Crippen LogP contribution in [0, 0.1) is 0 Å². The minimum Gasteiger partial charge on any atom is -0.458 e. The Bertz CT molecular complexity index is 742. The lowest BCUT2D eigenvalue weighted by molar-refractivity contribution is -0.151. The maximum Gasteiger partial charge on any atom is 0.472 e. The summed E-state index contributed by atoms with van der Waals surface area (Å²) in [7, 11) is -4.23. The number of carbonyl (C=O) groups excluding carboxylic acids is 1. The van der Waals surface area contributed by atoms with Crippen molar-refractivity contribution in [3.63, 3.8) is 0 Å². The number of hydrogen-bond acceptors (Lipinski definition) is 7. The molecule has 42 heavy (non-hydrogen) atoms. The Labute approximate surface area is 257 Å². The van der Waals surface area contributed by atoms with Gasteiger partial charge in [-0.25, -0.2) is 4.57 Å². The van der Waals surface area contributed by atoms with E-state index in [0.29, 0.717) is 6.61 Å². The van der Waals surface area contributed by atoms with Crippen molar-refractivity contribution in [1.82, 2.24) is 0 Å². The SMILES string of the molecule is CCCCCCC/C=C\C/C=C\C/C=C\CCCCCCCCCCCOCC(COP(=O)(O)OCCN)OC(C)=O. The van der Waals surface area contributed by atoms with Gasteiger partial charge in [-0.1, -0.05) is 114 Å². The van der Waals surface area contributed by atoms with E-state index in [1.807, 2.05) is 0 Å². The maximum absolute atomic E-state index is 11.7. The van der Waals surface area contributed by atoms with Crippen molar-refractivity contribution < 1.29 is 32.8 Å². The Morgan fingerprint density at radius 3 is 1.74 bits per heavy atom. The molecule has 0 radical (unpaired) electrons. The number of rotatable bonds is 31. The first kappa shape index (κ1) is 40.7. The summed E-state index contributed by atoms with van der Waals surface area (Å²) in [5.41, 5.74) is 5.25. The molecule has 0 saturated carbocycles. The Morgan fingerprint density at radius 1 is 0.714 bits per heavy atom. The summed E-state index contributed by atoms with van der Waals surface area (Å²) in [5.74, 6) is -0.510. The van der Waals surface area contributed by atoms with Gasteiger partial charge in [0, 0.05) is 20.1 Å². The van der Waals surface area contributed by atoms with Crippen molar-refractivity contribution in [1.29, 1.82) is 0 Å². The minimum absolute atomic E-state index is 0.0960. The minimum atomic E-state index is -4.23. The first-order valence-electron chi connectivity index (χ1n) is 16.4. The van der Waals surface area contributed by atoms with Crippen LogP contribution in [0.1, 0.15) is 129 Å². The molecule has 0 aromatic carbocycles. The number of nitrogens with two attached hydrogens (primary N) is 1. The van der Waals surface area contributed by atoms with Crippen molar-refractivity contribution >= 4 is 13.8 Å². The summed E-state index contributed by atoms with van der Waals surface area (Å²) in [4.78, 5) is 20.8. The highest BCUT2D eigenvalue weighted by molar-refractivity contribution is 7.47. The van der Waals surface area contributed by atoms with E-state index in [1.165, 1.54) is 96.8 Å². The summed E-state index contributed by atoms with van der Waals surface area (Å²) >= 11 is 0. The highest BCUT2D eigenvalue weighted by atomic mass is 31.2. The molecule has 246 valence electrons. The Balaban J connectivity index is 3.56. The molecule has 8 nitrogen and oxygen atoms in total. The van der Waals surface area contributed by atoms with Crippen LogP contribution in [-0.4, -0.2) is 49.9 Å². The van der Waals surface area contributed by atoms with E-state index in [0.717, 1.165) is 25.7 Å². The number of allylic oxidation sites excluding steroid dienone is 6. The molecule has 0 amide bonds. The number of phosphoric acid groups is 1. The molecule has 3 N–H and O–H groups in total. The number of phosphoric ester groups is 1. The molecule has 0 heterocycles. The highest BCUT2D eigenvalue weighted by Gasteiger charge is 2.24. The fraction of sp³-hybridized carbons (Fsp3) is 0.788. The highest BCUT2D eigenvalue weighted by Crippen LogP contribution is 2.43. The van der Waals surface area contributed by atoms with Gasteiger partial charge in [-0.15, -0.1) is 0 Å². The van der Waals surface area contributed by atoms with Gasteiger partial charge in [0.2, 0.25) is 0 Å². The summed E-state index contributed by atoms with van der Waals surface area (Å²) < 4.78 is 32.0. The van der Waals surface area contributed by atoms with E-state index in [-0.39, 0.29) is 26.4 Å². The van der Waals surface area contributed by atoms with Crippen molar-refractivity contribution in [3.05, 3.63) is 36.5 Å². The zero-order chi connectivity index (χ0) is 31.0. The van der Waals surface area contributed by atoms with Gasteiger partial charge in [0.15, 0.2) is 0 Å². The molecule has 0 aliphatic carbocycles.